The van der Waals surface area contributed by atoms with Gasteiger partial charge in [-0.25, -0.2) is 4.79 Å². The first-order valence-corrected chi connectivity index (χ1v) is 9.72. The lowest BCUT2D eigenvalue weighted by atomic mass is 10.1. The van der Waals surface area contributed by atoms with Crippen LogP contribution in [-0.4, -0.2) is 20.9 Å². The molecule has 1 N–H and O–H groups in total. The van der Waals surface area contributed by atoms with Gasteiger partial charge in [0.15, 0.2) is 0 Å². The van der Waals surface area contributed by atoms with Crippen molar-refractivity contribution in [3.63, 3.8) is 0 Å². The summed E-state index contributed by atoms with van der Waals surface area (Å²) in [6, 6.07) is 13.5. The third-order valence-corrected chi connectivity index (χ3v) is 4.73. The van der Waals surface area contributed by atoms with E-state index in [9.17, 15) is 9.90 Å². The minimum absolute atomic E-state index is 0.396. The van der Waals surface area contributed by atoms with E-state index in [1.165, 1.54) is 0 Å². The molecule has 0 saturated carbocycles. The zero-order chi connectivity index (χ0) is 20.1. The van der Waals surface area contributed by atoms with Gasteiger partial charge in [-0.05, 0) is 42.8 Å². The first-order valence-electron chi connectivity index (χ1n) is 8.96. The third kappa shape index (κ3) is 4.86. The molecule has 7 heteroatoms. The van der Waals surface area contributed by atoms with Gasteiger partial charge in [0.1, 0.15) is 5.75 Å². The molecule has 1 aromatic heterocycles. The summed E-state index contributed by atoms with van der Waals surface area (Å²) in [6.07, 6.45) is 2.81. The van der Waals surface area contributed by atoms with Crippen molar-refractivity contribution in [1.82, 2.24) is 9.78 Å². The molecule has 0 aliphatic heterocycles. The highest BCUT2D eigenvalue weighted by molar-refractivity contribution is 6.31. The highest BCUT2D eigenvalue weighted by atomic mass is 35.5. The molecule has 2 aromatic carbocycles. The number of hydrogen-bond acceptors (Lipinski definition) is 3. The van der Waals surface area contributed by atoms with E-state index in [1.807, 2.05) is 16.9 Å². The van der Waals surface area contributed by atoms with Crippen molar-refractivity contribution in [3.8, 4) is 17.0 Å². The van der Waals surface area contributed by atoms with Gasteiger partial charge in [0.25, 0.3) is 0 Å². The number of carbonyl (C=O) groups is 1. The van der Waals surface area contributed by atoms with E-state index in [2.05, 4.69) is 12.0 Å². The summed E-state index contributed by atoms with van der Waals surface area (Å²) in [7, 11) is 0. The van der Waals surface area contributed by atoms with Crippen LogP contribution in [-0.2, 0) is 11.3 Å². The van der Waals surface area contributed by atoms with Crippen LogP contribution in [0.2, 0.25) is 10.0 Å². The van der Waals surface area contributed by atoms with Crippen LogP contribution in [0.1, 0.15) is 31.4 Å². The molecule has 3 rings (SSSR count). The number of carboxylic acid groups (broad SMARTS) is 1. The molecule has 1 atom stereocenters. The van der Waals surface area contributed by atoms with E-state index in [0.717, 1.165) is 19.4 Å². The van der Waals surface area contributed by atoms with Gasteiger partial charge in [-0.15, -0.1) is 0 Å². The fourth-order valence-corrected chi connectivity index (χ4v) is 3.08. The van der Waals surface area contributed by atoms with E-state index >= 15 is 0 Å². The first-order chi connectivity index (χ1) is 13.5. The maximum absolute atomic E-state index is 11.8. The number of hydrogen-bond donors (Lipinski definition) is 1. The Kier molecular flexibility index (Phi) is 6.60. The highest BCUT2D eigenvalue weighted by Gasteiger charge is 2.24. The summed E-state index contributed by atoms with van der Waals surface area (Å²) in [6.45, 7) is 2.94. The molecule has 5 nitrogen and oxygen atoms in total. The second-order valence-electron chi connectivity index (χ2n) is 6.35. The van der Waals surface area contributed by atoms with Crippen molar-refractivity contribution in [1.29, 1.82) is 0 Å². The first kappa shape index (κ1) is 20.2. The molecular formula is C21H20Cl2N2O3. The molecule has 0 amide bonds. The summed E-state index contributed by atoms with van der Waals surface area (Å²) in [5, 5.41) is 15.3. The lowest BCUT2D eigenvalue weighted by Crippen LogP contribution is -2.18. The lowest BCUT2D eigenvalue weighted by Gasteiger charge is -2.18. The van der Waals surface area contributed by atoms with Crippen LogP contribution in [0, 0.1) is 0 Å². The zero-order valence-electron chi connectivity index (χ0n) is 15.3. The fraction of sp³-hybridized carbons (Fsp3) is 0.238. The number of ether oxygens (including phenoxy) is 1. The Bertz CT molecular complexity index is 955. The number of rotatable bonds is 8. The average molecular weight is 419 g/mol. The Morgan fingerprint density at radius 3 is 2.54 bits per heavy atom. The third-order valence-electron chi connectivity index (χ3n) is 4.24. The predicted octanol–water partition coefficient (Wildman–Crippen LogP) is 5.86. The molecule has 0 aliphatic rings. The molecule has 0 saturated heterocycles. The Morgan fingerprint density at radius 1 is 1.14 bits per heavy atom. The van der Waals surface area contributed by atoms with Crippen molar-refractivity contribution < 1.29 is 14.6 Å². The van der Waals surface area contributed by atoms with Crippen molar-refractivity contribution in [3.05, 3.63) is 70.3 Å². The number of aromatic nitrogens is 2. The Balaban J connectivity index is 1.94. The summed E-state index contributed by atoms with van der Waals surface area (Å²) in [5.74, 6) is -0.704. The summed E-state index contributed by atoms with van der Waals surface area (Å²) >= 11 is 12.1. The van der Waals surface area contributed by atoms with Crippen LogP contribution in [0.4, 0.5) is 0 Å². The smallest absolute Gasteiger partial charge is 0.349 e. The number of aryl methyl sites for hydroxylation is 1. The normalized spacial score (nSPS) is 12.0. The van der Waals surface area contributed by atoms with Crippen LogP contribution in [0.5, 0.6) is 5.75 Å². The predicted molar refractivity (Wildman–Crippen MR) is 110 cm³/mol. The van der Waals surface area contributed by atoms with Crippen LogP contribution >= 0.6 is 23.2 Å². The van der Waals surface area contributed by atoms with Gasteiger partial charge in [0.05, 0.1) is 5.69 Å². The molecular weight excluding hydrogens is 399 g/mol. The van der Waals surface area contributed by atoms with Crippen LogP contribution in [0.25, 0.3) is 11.3 Å². The Labute approximate surface area is 173 Å². The monoisotopic (exact) mass is 418 g/mol. The van der Waals surface area contributed by atoms with Gasteiger partial charge in [-0.3, -0.25) is 4.68 Å². The minimum Gasteiger partial charge on any atom is -0.478 e. The van der Waals surface area contributed by atoms with Crippen molar-refractivity contribution in [2.75, 3.05) is 0 Å². The van der Waals surface area contributed by atoms with Gasteiger partial charge in [0.2, 0.25) is 6.10 Å². The Morgan fingerprint density at radius 2 is 1.86 bits per heavy atom. The number of nitrogens with zero attached hydrogens (tertiary/aromatic N) is 2. The van der Waals surface area contributed by atoms with Crippen molar-refractivity contribution in [2.45, 2.75) is 32.4 Å². The quantitative estimate of drug-likeness (QED) is 0.497. The van der Waals surface area contributed by atoms with Crippen LogP contribution in [0.15, 0.2) is 54.7 Å². The molecule has 1 heterocycles. The zero-order valence-corrected chi connectivity index (χ0v) is 16.8. The largest absolute Gasteiger partial charge is 0.478 e. The summed E-state index contributed by atoms with van der Waals surface area (Å²) in [5.41, 5.74) is 1.81. The summed E-state index contributed by atoms with van der Waals surface area (Å²) < 4.78 is 7.74. The fourth-order valence-electron chi connectivity index (χ4n) is 2.78. The van der Waals surface area contributed by atoms with Crippen molar-refractivity contribution in [2.24, 2.45) is 0 Å². The van der Waals surface area contributed by atoms with E-state index < -0.39 is 12.1 Å². The van der Waals surface area contributed by atoms with Crippen LogP contribution in [0.3, 0.4) is 0 Å². The highest BCUT2D eigenvalue weighted by Crippen LogP contribution is 2.35. The molecule has 0 radical (unpaired) electrons. The van der Waals surface area contributed by atoms with E-state index in [1.54, 1.807) is 42.5 Å². The second-order valence-corrected chi connectivity index (χ2v) is 7.22. The maximum atomic E-state index is 11.8. The molecule has 3 aromatic rings. The topological polar surface area (TPSA) is 64.3 Å². The number of benzene rings is 2. The molecule has 146 valence electrons. The maximum Gasteiger partial charge on any atom is 0.349 e. The minimum atomic E-state index is -1.18. The summed E-state index contributed by atoms with van der Waals surface area (Å²) in [4.78, 5) is 11.8. The molecule has 0 spiro atoms. The SMILES string of the molecule is CCCCn1ccc(-c2cc(Cl)ccc2OC(C(=O)O)c2ccc(Cl)cc2)n1. The van der Waals surface area contributed by atoms with E-state index in [4.69, 9.17) is 27.9 Å². The van der Waals surface area contributed by atoms with E-state index in [-0.39, 0.29) is 0 Å². The van der Waals surface area contributed by atoms with Crippen LogP contribution < -0.4 is 4.74 Å². The second kappa shape index (κ2) is 9.13. The molecule has 0 bridgehead atoms. The van der Waals surface area contributed by atoms with Gasteiger partial charge in [-0.2, -0.15) is 5.10 Å². The van der Waals surface area contributed by atoms with E-state index in [0.29, 0.717) is 32.6 Å². The standard InChI is InChI=1S/C21H20Cl2N2O3/c1-2-3-11-25-12-10-18(24-25)17-13-16(23)8-9-19(17)28-20(21(26)27)14-4-6-15(22)7-5-14/h4-10,12-13,20H,2-3,11H2,1H3,(H,26,27). The number of carboxylic acids is 1. The molecule has 1 unspecified atom stereocenters. The number of aliphatic carboxylic acids is 1. The van der Waals surface area contributed by atoms with Gasteiger partial charge in [0, 0.05) is 33.9 Å². The molecule has 28 heavy (non-hydrogen) atoms. The van der Waals surface area contributed by atoms with Gasteiger partial charge in [-0.1, -0.05) is 48.7 Å². The molecule has 0 aliphatic carbocycles. The van der Waals surface area contributed by atoms with Crippen molar-refractivity contribution >= 4 is 29.2 Å². The lowest BCUT2D eigenvalue weighted by molar-refractivity contribution is -0.145. The molecule has 0 fully saturated rings. The number of unbranched alkanes of at least 4 members (excludes halogenated alkanes) is 1. The van der Waals surface area contributed by atoms with Gasteiger partial charge < -0.3 is 9.84 Å². The average Bonchev–Trinajstić information content (AvgIpc) is 3.15. The number of halogens is 2. The van der Waals surface area contributed by atoms with Gasteiger partial charge >= 0.3 is 5.97 Å². The Hall–Kier alpha value is -2.50.